The third kappa shape index (κ3) is 2.69. The van der Waals surface area contributed by atoms with Gasteiger partial charge in [-0.3, -0.25) is 4.79 Å². The van der Waals surface area contributed by atoms with E-state index >= 15 is 0 Å². The lowest BCUT2D eigenvalue weighted by Crippen LogP contribution is -2.21. The maximum Gasteiger partial charge on any atom is 0.219 e. The Bertz CT molecular complexity index is 372. The van der Waals surface area contributed by atoms with Crippen molar-refractivity contribution >= 4 is 5.91 Å². The fraction of sp³-hybridized carbons (Fsp3) is 0.222. The molecule has 0 fully saturated rings. The van der Waals surface area contributed by atoms with Gasteiger partial charge < -0.3 is 11.5 Å². The first-order chi connectivity index (χ1) is 6.91. The van der Waals surface area contributed by atoms with Crippen LogP contribution in [0.15, 0.2) is 12.1 Å². The molecule has 0 saturated carbocycles. The van der Waals surface area contributed by atoms with Crippen LogP contribution in [0.3, 0.4) is 0 Å². The SMILES string of the molecule is NC(=O)CC(N)c1cc(F)c(F)c(F)c1. The van der Waals surface area contributed by atoms with E-state index in [0.29, 0.717) is 0 Å². The van der Waals surface area contributed by atoms with Gasteiger partial charge in [-0.05, 0) is 17.7 Å². The van der Waals surface area contributed by atoms with E-state index in [-0.39, 0.29) is 12.0 Å². The van der Waals surface area contributed by atoms with Crippen LogP contribution in [0.25, 0.3) is 0 Å². The summed E-state index contributed by atoms with van der Waals surface area (Å²) in [5.41, 5.74) is 10.3. The molecule has 3 nitrogen and oxygen atoms in total. The Labute approximate surface area is 83.9 Å². The van der Waals surface area contributed by atoms with Crippen molar-refractivity contribution in [1.29, 1.82) is 0 Å². The number of amides is 1. The molecular weight excluding hydrogens is 209 g/mol. The summed E-state index contributed by atoms with van der Waals surface area (Å²) < 4.78 is 38.1. The van der Waals surface area contributed by atoms with E-state index in [4.69, 9.17) is 11.5 Å². The average molecular weight is 218 g/mol. The molecule has 0 saturated heterocycles. The lowest BCUT2D eigenvalue weighted by molar-refractivity contribution is -0.118. The van der Waals surface area contributed by atoms with Crippen LogP contribution in [-0.4, -0.2) is 5.91 Å². The molecule has 4 N–H and O–H groups in total. The van der Waals surface area contributed by atoms with Gasteiger partial charge in [-0.2, -0.15) is 0 Å². The van der Waals surface area contributed by atoms with Gasteiger partial charge in [0.15, 0.2) is 17.5 Å². The first-order valence-corrected chi connectivity index (χ1v) is 4.10. The van der Waals surface area contributed by atoms with E-state index in [1.807, 2.05) is 0 Å². The molecule has 1 aromatic carbocycles. The van der Waals surface area contributed by atoms with Crippen LogP contribution in [0.5, 0.6) is 0 Å². The summed E-state index contributed by atoms with van der Waals surface area (Å²) in [7, 11) is 0. The standard InChI is InChI=1S/C9H9F3N2O/c10-5-1-4(2-6(11)9(5)12)7(13)3-8(14)15/h1-2,7H,3,13H2,(H2,14,15). The van der Waals surface area contributed by atoms with Crippen LogP contribution in [-0.2, 0) is 4.79 Å². The number of rotatable bonds is 3. The predicted octanol–water partition coefficient (Wildman–Crippen LogP) is 0.979. The maximum atomic E-state index is 12.8. The number of halogens is 3. The summed E-state index contributed by atoms with van der Waals surface area (Å²) in [6, 6.07) is 0.546. The summed E-state index contributed by atoms with van der Waals surface area (Å²) >= 11 is 0. The highest BCUT2D eigenvalue weighted by molar-refractivity contribution is 5.74. The molecule has 1 unspecified atom stereocenters. The first kappa shape index (κ1) is 11.5. The summed E-state index contributed by atoms with van der Waals surface area (Å²) in [6.07, 6.45) is -0.259. The van der Waals surface area contributed by atoms with Gasteiger partial charge >= 0.3 is 0 Å². The molecule has 0 bridgehead atoms. The molecule has 0 aliphatic heterocycles. The Hall–Kier alpha value is -1.56. The summed E-state index contributed by atoms with van der Waals surface area (Å²) in [4.78, 5) is 10.5. The van der Waals surface area contributed by atoms with Crippen molar-refractivity contribution in [3.8, 4) is 0 Å². The number of hydrogen-bond donors (Lipinski definition) is 2. The second-order valence-corrected chi connectivity index (χ2v) is 3.08. The van der Waals surface area contributed by atoms with Crippen molar-refractivity contribution < 1.29 is 18.0 Å². The third-order valence-electron chi connectivity index (χ3n) is 1.86. The van der Waals surface area contributed by atoms with Crippen LogP contribution in [0.2, 0.25) is 0 Å². The fourth-order valence-corrected chi connectivity index (χ4v) is 1.12. The zero-order valence-corrected chi connectivity index (χ0v) is 7.64. The molecule has 1 amide bonds. The van der Waals surface area contributed by atoms with Crippen molar-refractivity contribution in [3.63, 3.8) is 0 Å². The van der Waals surface area contributed by atoms with Crippen molar-refractivity contribution in [2.75, 3.05) is 0 Å². The number of hydrogen-bond acceptors (Lipinski definition) is 2. The molecule has 82 valence electrons. The van der Waals surface area contributed by atoms with Crippen LogP contribution >= 0.6 is 0 Å². The lowest BCUT2D eigenvalue weighted by atomic mass is 10.0. The normalized spacial score (nSPS) is 12.5. The van der Waals surface area contributed by atoms with Crippen LogP contribution in [0, 0.1) is 17.5 Å². The van der Waals surface area contributed by atoms with E-state index in [0.717, 1.165) is 12.1 Å². The second kappa shape index (κ2) is 4.31. The van der Waals surface area contributed by atoms with Crippen LogP contribution < -0.4 is 11.5 Å². The highest BCUT2D eigenvalue weighted by atomic mass is 19.2. The summed E-state index contributed by atoms with van der Waals surface area (Å²) in [5.74, 6) is -4.95. The highest BCUT2D eigenvalue weighted by Crippen LogP contribution is 2.19. The topological polar surface area (TPSA) is 69.1 Å². The van der Waals surface area contributed by atoms with Gasteiger partial charge in [0.1, 0.15) is 0 Å². The lowest BCUT2D eigenvalue weighted by Gasteiger charge is -2.10. The minimum atomic E-state index is -1.56. The van der Waals surface area contributed by atoms with E-state index in [1.165, 1.54) is 0 Å². The van der Waals surface area contributed by atoms with Gasteiger partial charge in [-0.1, -0.05) is 0 Å². The maximum absolute atomic E-state index is 12.8. The predicted molar refractivity (Wildman–Crippen MR) is 47.1 cm³/mol. The molecule has 0 radical (unpaired) electrons. The molecule has 15 heavy (non-hydrogen) atoms. The number of primary amides is 1. The van der Waals surface area contributed by atoms with E-state index in [9.17, 15) is 18.0 Å². The largest absolute Gasteiger partial charge is 0.370 e. The molecule has 6 heteroatoms. The molecule has 0 aliphatic carbocycles. The zero-order valence-electron chi connectivity index (χ0n) is 7.64. The zero-order chi connectivity index (χ0) is 11.6. The molecule has 1 atom stereocenters. The molecule has 1 aromatic rings. The molecular formula is C9H9F3N2O. The van der Waals surface area contributed by atoms with Gasteiger partial charge in [0.2, 0.25) is 5.91 Å². The fourth-order valence-electron chi connectivity index (χ4n) is 1.12. The molecule has 0 heterocycles. The van der Waals surface area contributed by atoms with E-state index in [1.54, 1.807) is 0 Å². The number of carbonyl (C=O) groups excluding carboxylic acids is 1. The van der Waals surface area contributed by atoms with Crippen LogP contribution in [0.4, 0.5) is 13.2 Å². The van der Waals surface area contributed by atoms with Crippen molar-refractivity contribution in [1.82, 2.24) is 0 Å². The monoisotopic (exact) mass is 218 g/mol. The third-order valence-corrected chi connectivity index (χ3v) is 1.86. The van der Waals surface area contributed by atoms with Crippen molar-refractivity contribution in [2.24, 2.45) is 11.5 Å². The average Bonchev–Trinajstić information content (AvgIpc) is 2.12. The Morgan fingerprint density at radius 2 is 1.73 bits per heavy atom. The Morgan fingerprint density at radius 1 is 1.27 bits per heavy atom. The van der Waals surface area contributed by atoms with Gasteiger partial charge in [0.05, 0.1) is 0 Å². The minimum absolute atomic E-state index is 0.00907. The van der Waals surface area contributed by atoms with Crippen LogP contribution in [0.1, 0.15) is 18.0 Å². The van der Waals surface area contributed by atoms with Crippen molar-refractivity contribution in [3.05, 3.63) is 35.1 Å². The van der Waals surface area contributed by atoms with E-state index in [2.05, 4.69) is 0 Å². The molecule has 0 spiro atoms. The Balaban J connectivity index is 3.00. The Morgan fingerprint density at radius 3 is 2.13 bits per heavy atom. The smallest absolute Gasteiger partial charge is 0.219 e. The van der Waals surface area contributed by atoms with Gasteiger partial charge in [0.25, 0.3) is 0 Å². The minimum Gasteiger partial charge on any atom is -0.370 e. The molecule has 0 aromatic heterocycles. The molecule has 1 rings (SSSR count). The van der Waals surface area contributed by atoms with Crippen molar-refractivity contribution in [2.45, 2.75) is 12.5 Å². The quantitative estimate of drug-likeness (QED) is 0.742. The van der Waals surface area contributed by atoms with Gasteiger partial charge in [0, 0.05) is 12.5 Å². The number of carbonyl (C=O) groups is 1. The summed E-state index contributed by atoms with van der Waals surface area (Å²) in [6.45, 7) is 0. The Kier molecular flexibility index (Phi) is 3.31. The van der Waals surface area contributed by atoms with Gasteiger partial charge in [-0.15, -0.1) is 0 Å². The summed E-state index contributed by atoms with van der Waals surface area (Å²) in [5, 5.41) is 0. The highest BCUT2D eigenvalue weighted by Gasteiger charge is 2.15. The number of nitrogens with two attached hydrogens (primary N) is 2. The molecule has 0 aliphatic rings. The van der Waals surface area contributed by atoms with E-state index < -0.39 is 29.4 Å². The number of benzene rings is 1. The van der Waals surface area contributed by atoms with Gasteiger partial charge in [-0.25, -0.2) is 13.2 Å². The first-order valence-electron chi connectivity index (χ1n) is 4.10. The second-order valence-electron chi connectivity index (χ2n) is 3.08.